The molecule has 128 valence electrons. The molecule has 0 spiro atoms. The molecule has 0 saturated heterocycles. The maximum Gasteiger partial charge on any atom is 0.158 e. The van der Waals surface area contributed by atoms with E-state index < -0.39 is 11.6 Å². The molecule has 4 aromatic rings. The van der Waals surface area contributed by atoms with Gasteiger partial charge in [0.25, 0.3) is 0 Å². The Balaban J connectivity index is 2.00. The van der Waals surface area contributed by atoms with Crippen LogP contribution in [0.5, 0.6) is 0 Å². The molecular weight excluding hydrogens is 326 g/mol. The highest BCUT2D eigenvalue weighted by Gasteiger charge is 2.44. The van der Waals surface area contributed by atoms with Gasteiger partial charge in [-0.1, -0.05) is 47.7 Å². The van der Waals surface area contributed by atoms with Crippen LogP contribution in [0.25, 0.3) is 0 Å². The van der Waals surface area contributed by atoms with E-state index in [9.17, 15) is 5.11 Å². The van der Waals surface area contributed by atoms with Crippen molar-refractivity contribution in [1.82, 2.24) is 25.0 Å². The van der Waals surface area contributed by atoms with E-state index in [4.69, 9.17) is 0 Å². The second kappa shape index (κ2) is 6.85. The summed E-state index contributed by atoms with van der Waals surface area (Å²) >= 11 is 0. The zero-order valence-corrected chi connectivity index (χ0v) is 13.9. The van der Waals surface area contributed by atoms with E-state index in [1.165, 1.54) is 0 Å². The van der Waals surface area contributed by atoms with Crippen LogP contribution in [0.4, 0.5) is 0 Å². The molecule has 2 atom stereocenters. The Morgan fingerprint density at radius 2 is 1.73 bits per heavy atom. The molecule has 0 radical (unpaired) electrons. The molecule has 1 N–H and O–H groups in total. The SMILES string of the molecule is O[C@](c1ccccc1)(c1ccccn1)[C@H](c1cccnc1)n1ccnn1. The fraction of sp³-hybridized carbons (Fsp3) is 0.100. The van der Waals surface area contributed by atoms with Crippen LogP contribution >= 0.6 is 0 Å². The first-order valence-electron chi connectivity index (χ1n) is 8.25. The van der Waals surface area contributed by atoms with Crippen LogP contribution < -0.4 is 0 Å². The van der Waals surface area contributed by atoms with Crippen LogP contribution in [-0.2, 0) is 5.60 Å². The van der Waals surface area contributed by atoms with E-state index >= 15 is 0 Å². The fourth-order valence-corrected chi connectivity index (χ4v) is 3.20. The zero-order chi connectivity index (χ0) is 17.8. The summed E-state index contributed by atoms with van der Waals surface area (Å²) in [5.41, 5.74) is 0.577. The van der Waals surface area contributed by atoms with Crippen molar-refractivity contribution in [3.05, 3.63) is 108 Å². The van der Waals surface area contributed by atoms with Gasteiger partial charge < -0.3 is 5.11 Å². The summed E-state index contributed by atoms with van der Waals surface area (Å²) in [6.45, 7) is 0. The minimum absolute atomic E-state index is 0.524. The van der Waals surface area contributed by atoms with Crippen molar-refractivity contribution in [3.63, 3.8) is 0 Å². The molecule has 6 heteroatoms. The average molecular weight is 343 g/mol. The molecule has 26 heavy (non-hydrogen) atoms. The van der Waals surface area contributed by atoms with Crippen LogP contribution in [0.1, 0.15) is 22.9 Å². The smallest absolute Gasteiger partial charge is 0.158 e. The van der Waals surface area contributed by atoms with Crippen LogP contribution in [-0.4, -0.2) is 30.1 Å². The minimum atomic E-state index is -1.46. The monoisotopic (exact) mass is 343 g/mol. The van der Waals surface area contributed by atoms with Gasteiger partial charge in [0.05, 0.1) is 11.9 Å². The number of hydrogen-bond acceptors (Lipinski definition) is 5. The van der Waals surface area contributed by atoms with Gasteiger partial charge in [-0.2, -0.15) is 0 Å². The van der Waals surface area contributed by atoms with Gasteiger partial charge in [-0.15, -0.1) is 5.10 Å². The van der Waals surface area contributed by atoms with E-state index in [1.54, 1.807) is 35.7 Å². The largest absolute Gasteiger partial charge is 0.376 e. The summed E-state index contributed by atoms with van der Waals surface area (Å²) in [5, 5.41) is 20.2. The number of aromatic nitrogens is 5. The molecular formula is C20H17N5O. The Kier molecular flexibility index (Phi) is 4.25. The number of benzene rings is 1. The van der Waals surface area contributed by atoms with E-state index in [0.29, 0.717) is 11.3 Å². The van der Waals surface area contributed by atoms with E-state index in [0.717, 1.165) is 5.56 Å². The summed E-state index contributed by atoms with van der Waals surface area (Å²) < 4.78 is 1.64. The number of hydrogen-bond donors (Lipinski definition) is 1. The summed E-state index contributed by atoms with van der Waals surface area (Å²) in [6.07, 6.45) is 8.42. The van der Waals surface area contributed by atoms with Gasteiger partial charge in [0.2, 0.25) is 0 Å². The highest BCUT2D eigenvalue weighted by Crippen LogP contribution is 2.41. The Bertz CT molecular complexity index is 904. The number of pyridine rings is 2. The van der Waals surface area contributed by atoms with Crippen molar-refractivity contribution in [2.75, 3.05) is 0 Å². The van der Waals surface area contributed by atoms with Gasteiger partial charge in [0.15, 0.2) is 5.60 Å². The number of aliphatic hydroxyl groups is 1. The van der Waals surface area contributed by atoms with Gasteiger partial charge in [0, 0.05) is 24.8 Å². The fourth-order valence-electron chi connectivity index (χ4n) is 3.20. The Hall–Kier alpha value is -3.38. The number of nitrogens with zero attached hydrogens (tertiary/aromatic N) is 5. The topological polar surface area (TPSA) is 76.7 Å². The predicted octanol–water partition coefficient (Wildman–Crippen LogP) is 2.59. The van der Waals surface area contributed by atoms with Crippen LogP contribution in [0.2, 0.25) is 0 Å². The lowest BCUT2D eigenvalue weighted by Crippen LogP contribution is -2.40. The summed E-state index contributed by atoms with van der Waals surface area (Å²) in [5.74, 6) is 0. The first-order chi connectivity index (χ1) is 12.8. The van der Waals surface area contributed by atoms with Crippen molar-refractivity contribution in [1.29, 1.82) is 0 Å². The maximum atomic E-state index is 12.1. The molecule has 0 aliphatic rings. The van der Waals surface area contributed by atoms with E-state index in [-0.39, 0.29) is 0 Å². The standard InChI is InChI=1S/C20H17N5O/c26-20(17-8-2-1-3-9-17,18-10-4-5-12-22-18)19(25-14-13-23-24-25)16-7-6-11-21-15-16/h1-15,19,26H/t19-,20+/m0/s1. The van der Waals surface area contributed by atoms with Crippen molar-refractivity contribution >= 4 is 0 Å². The van der Waals surface area contributed by atoms with Gasteiger partial charge in [-0.3, -0.25) is 9.97 Å². The van der Waals surface area contributed by atoms with Gasteiger partial charge >= 0.3 is 0 Å². The van der Waals surface area contributed by atoms with Crippen molar-refractivity contribution < 1.29 is 5.11 Å². The Labute approximate surface area is 150 Å². The molecule has 1 aromatic carbocycles. The molecule has 3 aromatic heterocycles. The van der Waals surface area contributed by atoms with Crippen molar-refractivity contribution in [3.8, 4) is 0 Å². The molecule has 0 aliphatic carbocycles. The normalized spacial score (nSPS) is 14.5. The third-order valence-corrected chi connectivity index (χ3v) is 4.37. The quantitative estimate of drug-likeness (QED) is 0.603. The minimum Gasteiger partial charge on any atom is -0.376 e. The molecule has 0 saturated carbocycles. The van der Waals surface area contributed by atoms with Crippen LogP contribution in [0.15, 0.2) is 91.6 Å². The predicted molar refractivity (Wildman–Crippen MR) is 96.1 cm³/mol. The molecule has 6 nitrogen and oxygen atoms in total. The summed E-state index contributed by atoms with van der Waals surface area (Å²) in [4.78, 5) is 8.67. The number of rotatable bonds is 5. The van der Waals surface area contributed by atoms with Gasteiger partial charge in [0.1, 0.15) is 6.04 Å². The zero-order valence-electron chi connectivity index (χ0n) is 13.9. The maximum absolute atomic E-state index is 12.1. The highest BCUT2D eigenvalue weighted by molar-refractivity contribution is 5.38. The second-order valence-corrected chi connectivity index (χ2v) is 5.92. The summed E-state index contributed by atoms with van der Waals surface area (Å²) in [7, 11) is 0. The third kappa shape index (κ3) is 2.76. The Morgan fingerprint density at radius 3 is 2.38 bits per heavy atom. The molecule has 4 rings (SSSR count). The highest BCUT2D eigenvalue weighted by atomic mass is 16.3. The molecule has 0 fully saturated rings. The van der Waals surface area contributed by atoms with Gasteiger partial charge in [-0.05, 0) is 29.3 Å². The lowest BCUT2D eigenvalue weighted by molar-refractivity contribution is 0.0287. The molecule has 3 heterocycles. The van der Waals surface area contributed by atoms with Gasteiger partial charge in [-0.25, -0.2) is 4.68 Å². The van der Waals surface area contributed by atoms with E-state index in [2.05, 4.69) is 20.3 Å². The van der Waals surface area contributed by atoms with Crippen LogP contribution in [0.3, 0.4) is 0 Å². The lowest BCUT2D eigenvalue weighted by Gasteiger charge is -2.36. The van der Waals surface area contributed by atoms with Crippen molar-refractivity contribution in [2.45, 2.75) is 11.6 Å². The third-order valence-electron chi connectivity index (χ3n) is 4.37. The first-order valence-corrected chi connectivity index (χ1v) is 8.25. The van der Waals surface area contributed by atoms with Crippen molar-refractivity contribution in [2.24, 2.45) is 0 Å². The van der Waals surface area contributed by atoms with Crippen LogP contribution in [0, 0.1) is 0 Å². The average Bonchev–Trinajstić information content (AvgIpc) is 3.24. The molecule has 0 amide bonds. The summed E-state index contributed by atoms with van der Waals surface area (Å²) in [6, 6.07) is 18.1. The van der Waals surface area contributed by atoms with E-state index in [1.807, 2.05) is 60.7 Å². The lowest BCUT2D eigenvalue weighted by atomic mass is 9.80. The first kappa shape index (κ1) is 16.1. The molecule has 0 bridgehead atoms. The second-order valence-electron chi connectivity index (χ2n) is 5.92. The Morgan fingerprint density at radius 1 is 0.885 bits per heavy atom. The molecule has 0 aliphatic heterocycles. The molecule has 0 unspecified atom stereocenters.